The molecule has 0 aromatic heterocycles. The number of hydrogen-bond acceptors (Lipinski definition) is 1. The maximum absolute atomic E-state index is 5.90. The average Bonchev–Trinajstić information content (AvgIpc) is 2.30. The number of aryl methyl sites for hydroxylation is 1. The van der Waals surface area contributed by atoms with Crippen LogP contribution in [0.5, 0.6) is 5.75 Å². The topological polar surface area (TPSA) is 9.23 Å². The summed E-state index contributed by atoms with van der Waals surface area (Å²) in [5, 5.41) is 0. The van der Waals surface area contributed by atoms with Crippen LogP contribution in [0.4, 0.5) is 0 Å². The predicted molar refractivity (Wildman–Crippen MR) is 71.4 cm³/mol. The SMILES string of the molecule is Cc1cccc(O[C@H](C)Cc2ccccc2)c1. The Balaban J connectivity index is 1.96. The molecule has 0 unspecified atom stereocenters. The Kier molecular flexibility index (Phi) is 3.81. The zero-order chi connectivity index (χ0) is 12.1. The van der Waals surface area contributed by atoms with Gasteiger partial charge in [-0.1, -0.05) is 42.5 Å². The summed E-state index contributed by atoms with van der Waals surface area (Å²) in [7, 11) is 0. The fourth-order valence-corrected chi connectivity index (χ4v) is 1.91. The van der Waals surface area contributed by atoms with E-state index in [9.17, 15) is 0 Å². The Morgan fingerprint density at radius 3 is 2.47 bits per heavy atom. The molecule has 0 bridgehead atoms. The van der Waals surface area contributed by atoms with Crippen LogP contribution in [0, 0.1) is 6.92 Å². The molecule has 0 spiro atoms. The lowest BCUT2D eigenvalue weighted by molar-refractivity contribution is 0.222. The molecule has 17 heavy (non-hydrogen) atoms. The van der Waals surface area contributed by atoms with E-state index >= 15 is 0 Å². The van der Waals surface area contributed by atoms with Gasteiger partial charge in [-0.05, 0) is 37.1 Å². The van der Waals surface area contributed by atoms with Crippen molar-refractivity contribution in [3.05, 3.63) is 65.7 Å². The standard InChI is InChI=1S/C16H18O/c1-13-7-6-10-16(11-13)17-14(2)12-15-8-4-3-5-9-15/h3-11,14H,12H2,1-2H3/t14-/m1/s1. The molecule has 0 N–H and O–H groups in total. The fourth-order valence-electron chi connectivity index (χ4n) is 1.91. The third kappa shape index (κ3) is 3.63. The summed E-state index contributed by atoms with van der Waals surface area (Å²) in [6.45, 7) is 4.18. The first-order chi connectivity index (χ1) is 8.24. The predicted octanol–water partition coefficient (Wildman–Crippen LogP) is 4.01. The monoisotopic (exact) mass is 226 g/mol. The summed E-state index contributed by atoms with van der Waals surface area (Å²) in [5.74, 6) is 0.952. The van der Waals surface area contributed by atoms with Crippen molar-refractivity contribution in [3.63, 3.8) is 0 Å². The van der Waals surface area contributed by atoms with Gasteiger partial charge in [-0.15, -0.1) is 0 Å². The second-order valence-corrected chi connectivity index (χ2v) is 4.43. The summed E-state index contributed by atoms with van der Waals surface area (Å²) in [6.07, 6.45) is 1.13. The van der Waals surface area contributed by atoms with Crippen LogP contribution in [-0.2, 0) is 6.42 Å². The van der Waals surface area contributed by atoms with Gasteiger partial charge in [0.25, 0.3) is 0 Å². The Labute approximate surface area is 103 Å². The van der Waals surface area contributed by atoms with Crippen LogP contribution >= 0.6 is 0 Å². The van der Waals surface area contributed by atoms with Gasteiger partial charge in [0.05, 0.1) is 6.10 Å². The molecule has 0 aliphatic rings. The zero-order valence-corrected chi connectivity index (χ0v) is 10.4. The molecule has 1 atom stereocenters. The molecule has 0 saturated heterocycles. The molecule has 0 fully saturated rings. The largest absolute Gasteiger partial charge is 0.490 e. The third-order valence-electron chi connectivity index (χ3n) is 2.69. The lowest BCUT2D eigenvalue weighted by Crippen LogP contribution is -2.14. The van der Waals surface area contributed by atoms with Gasteiger partial charge in [0, 0.05) is 6.42 Å². The van der Waals surface area contributed by atoms with Gasteiger partial charge in [0.1, 0.15) is 5.75 Å². The Morgan fingerprint density at radius 1 is 1.00 bits per heavy atom. The molecule has 1 heteroatoms. The molecule has 0 radical (unpaired) electrons. The van der Waals surface area contributed by atoms with E-state index in [1.54, 1.807) is 0 Å². The van der Waals surface area contributed by atoms with Crippen LogP contribution in [0.3, 0.4) is 0 Å². The van der Waals surface area contributed by atoms with Crippen molar-refractivity contribution in [3.8, 4) is 5.75 Å². The van der Waals surface area contributed by atoms with E-state index < -0.39 is 0 Å². The van der Waals surface area contributed by atoms with Crippen LogP contribution in [0.2, 0.25) is 0 Å². The summed E-state index contributed by atoms with van der Waals surface area (Å²) in [5.41, 5.74) is 2.54. The van der Waals surface area contributed by atoms with Gasteiger partial charge in [-0.25, -0.2) is 0 Å². The van der Waals surface area contributed by atoms with E-state index in [4.69, 9.17) is 4.74 Å². The number of ether oxygens (including phenoxy) is 1. The smallest absolute Gasteiger partial charge is 0.119 e. The molecular weight excluding hydrogens is 208 g/mol. The number of rotatable bonds is 4. The van der Waals surface area contributed by atoms with Gasteiger partial charge in [0.2, 0.25) is 0 Å². The van der Waals surface area contributed by atoms with E-state index in [-0.39, 0.29) is 6.10 Å². The quantitative estimate of drug-likeness (QED) is 0.765. The van der Waals surface area contributed by atoms with Crippen LogP contribution < -0.4 is 4.74 Å². The van der Waals surface area contributed by atoms with Crippen molar-refractivity contribution in [2.75, 3.05) is 0 Å². The highest BCUT2D eigenvalue weighted by molar-refractivity contribution is 5.27. The third-order valence-corrected chi connectivity index (χ3v) is 2.69. The van der Waals surface area contributed by atoms with Crippen molar-refractivity contribution < 1.29 is 4.74 Å². The first-order valence-corrected chi connectivity index (χ1v) is 6.01. The van der Waals surface area contributed by atoms with Crippen molar-refractivity contribution in [1.82, 2.24) is 0 Å². The maximum Gasteiger partial charge on any atom is 0.119 e. The molecule has 2 rings (SSSR count). The van der Waals surface area contributed by atoms with E-state index in [2.05, 4.69) is 50.2 Å². The fraction of sp³-hybridized carbons (Fsp3) is 0.250. The van der Waals surface area contributed by atoms with Crippen molar-refractivity contribution >= 4 is 0 Å². The maximum atomic E-state index is 5.90. The van der Waals surface area contributed by atoms with Crippen molar-refractivity contribution in [1.29, 1.82) is 0 Å². The zero-order valence-electron chi connectivity index (χ0n) is 10.4. The minimum Gasteiger partial charge on any atom is -0.490 e. The first-order valence-electron chi connectivity index (χ1n) is 6.01. The van der Waals surface area contributed by atoms with Crippen LogP contribution in [0.25, 0.3) is 0 Å². The molecule has 0 aliphatic carbocycles. The minimum absolute atomic E-state index is 0.194. The van der Waals surface area contributed by atoms with Gasteiger partial charge >= 0.3 is 0 Å². The highest BCUT2D eigenvalue weighted by atomic mass is 16.5. The lowest BCUT2D eigenvalue weighted by Gasteiger charge is -2.15. The lowest BCUT2D eigenvalue weighted by atomic mass is 10.1. The molecule has 0 aliphatic heterocycles. The van der Waals surface area contributed by atoms with E-state index in [1.165, 1.54) is 11.1 Å². The summed E-state index contributed by atoms with van der Waals surface area (Å²) < 4.78 is 5.90. The highest BCUT2D eigenvalue weighted by Gasteiger charge is 2.05. The molecule has 2 aromatic carbocycles. The van der Waals surface area contributed by atoms with E-state index in [0.717, 1.165) is 12.2 Å². The molecule has 88 valence electrons. The van der Waals surface area contributed by atoms with E-state index in [1.807, 2.05) is 18.2 Å². The Morgan fingerprint density at radius 2 is 1.76 bits per heavy atom. The molecule has 1 nitrogen and oxygen atoms in total. The second-order valence-electron chi connectivity index (χ2n) is 4.43. The molecule has 0 amide bonds. The highest BCUT2D eigenvalue weighted by Crippen LogP contribution is 2.15. The van der Waals surface area contributed by atoms with Crippen LogP contribution in [0.1, 0.15) is 18.1 Å². The Hall–Kier alpha value is -1.76. The van der Waals surface area contributed by atoms with Crippen molar-refractivity contribution in [2.24, 2.45) is 0 Å². The normalized spacial score (nSPS) is 12.1. The minimum atomic E-state index is 0.194. The van der Waals surface area contributed by atoms with E-state index in [0.29, 0.717) is 0 Å². The van der Waals surface area contributed by atoms with Crippen LogP contribution in [0.15, 0.2) is 54.6 Å². The molecular formula is C16H18O. The average molecular weight is 226 g/mol. The first kappa shape index (κ1) is 11.7. The van der Waals surface area contributed by atoms with Gasteiger partial charge < -0.3 is 4.74 Å². The van der Waals surface area contributed by atoms with Gasteiger partial charge in [-0.2, -0.15) is 0 Å². The van der Waals surface area contributed by atoms with Gasteiger partial charge in [-0.3, -0.25) is 0 Å². The molecule has 0 heterocycles. The Bertz CT molecular complexity index is 462. The summed E-state index contributed by atoms with van der Waals surface area (Å²) in [4.78, 5) is 0. The van der Waals surface area contributed by atoms with Crippen molar-refractivity contribution in [2.45, 2.75) is 26.4 Å². The van der Waals surface area contributed by atoms with Crippen LogP contribution in [-0.4, -0.2) is 6.10 Å². The second kappa shape index (κ2) is 5.53. The number of hydrogen-bond donors (Lipinski definition) is 0. The summed E-state index contributed by atoms with van der Waals surface area (Å²) >= 11 is 0. The summed E-state index contributed by atoms with van der Waals surface area (Å²) in [6, 6.07) is 18.6. The molecule has 2 aromatic rings. The number of benzene rings is 2. The molecule has 0 saturated carbocycles. The van der Waals surface area contributed by atoms with Gasteiger partial charge in [0.15, 0.2) is 0 Å².